The smallest absolute Gasteiger partial charge is 0.312 e. The van der Waals surface area contributed by atoms with Crippen molar-refractivity contribution in [3.05, 3.63) is 24.2 Å². The first-order valence-corrected chi connectivity index (χ1v) is 8.44. The van der Waals surface area contributed by atoms with E-state index in [1.165, 1.54) is 0 Å². The maximum Gasteiger partial charge on any atom is 0.312 e. The van der Waals surface area contributed by atoms with Crippen LogP contribution in [0, 0.1) is 11.3 Å². The number of carbonyl (C=O) groups excluding carboxylic acids is 2. The molecule has 128 valence electrons. The van der Waals surface area contributed by atoms with Crippen LogP contribution in [0.4, 0.5) is 0 Å². The van der Waals surface area contributed by atoms with Crippen LogP contribution in [0.15, 0.2) is 22.8 Å². The van der Waals surface area contributed by atoms with Crippen LogP contribution in [-0.4, -0.2) is 29.9 Å². The molecule has 1 amide bonds. The summed E-state index contributed by atoms with van der Waals surface area (Å²) in [6.45, 7) is 7.57. The summed E-state index contributed by atoms with van der Waals surface area (Å²) in [4.78, 5) is 26.9. The number of amides is 1. The maximum atomic E-state index is 12.5. The minimum atomic E-state index is -0.651. The molecule has 5 heteroatoms. The average Bonchev–Trinajstić information content (AvgIpc) is 3.24. The molecule has 0 N–H and O–H groups in total. The Morgan fingerprint density at radius 1 is 1.39 bits per heavy atom. The van der Waals surface area contributed by atoms with E-state index in [0.717, 1.165) is 25.9 Å². The van der Waals surface area contributed by atoms with Crippen LogP contribution >= 0.6 is 0 Å². The summed E-state index contributed by atoms with van der Waals surface area (Å²) in [6, 6.07) is 3.54. The van der Waals surface area contributed by atoms with E-state index in [9.17, 15) is 9.59 Å². The lowest BCUT2D eigenvalue weighted by Gasteiger charge is -2.30. The standard InChI is InChI=1S/C18H27NO4/c1-4-18(3,17(21)23-13-15-8-7-11-22-15)12-14(2)16(20)19-9-5-6-10-19/h7-8,11,14H,4-6,9-10,12-13H2,1-3H3. The van der Waals surface area contributed by atoms with Gasteiger partial charge >= 0.3 is 5.97 Å². The molecule has 1 fully saturated rings. The molecule has 0 saturated carbocycles. The van der Waals surface area contributed by atoms with Crippen molar-refractivity contribution >= 4 is 11.9 Å². The fourth-order valence-corrected chi connectivity index (χ4v) is 3.09. The summed E-state index contributed by atoms with van der Waals surface area (Å²) >= 11 is 0. The van der Waals surface area contributed by atoms with Crippen LogP contribution in [0.5, 0.6) is 0 Å². The van der Waals surface area contributed by atoms with Crippen molar-refractivity contribution in [2.45, 2.75) is 53.1 Å². The quantitative estimate of drug-likeness (QED) is 0.722. The lowest BCUT2D eigenvalue weighted by Crippen LogP contribution is -2.38. The highest BCUT2D eigenvalue weighted by molar-refractivity contribution is 5.81. The number of nitrogens with zero attached hydrogens (tertiary/aromatic N) is 1. The molecule has 23 heavy (non-hydrogen) atoms. The number of rotatable bonds is 7. The van der Waals surface area contributed by atoms with Crippen LogP contribution in [0.2, 0.25) is 0 Å². The van der Waals surface area contributed by atoms with Crippen molar-refractivity contribution in [3.8, 4) is 0 Å². The Balaban J connectivity index is 1.92. The first-order valence-electron chi connectivity index (χ1n) is 8.44. The second-order valence-electron chi connectivity index (χ2n) is 6.71. The predicted octanol–water partition coefficient (Wildman–Crippen LogP) is 3.39. The van der Waals surface area contributed by atoms with Gasteiger partial charge in [0.15, 0.2) is 0 Å². The second-order valence-corrected chi connectivity index (χ2v) is 6.71. The number of hydrogen-bond acceptors (Lipinski definition) is 4. The zero-order valence-electron chi connectivity index (χ0n) is 14.3. The van der Waals surface area contributed by atoms with Crippen molar-refractivity contribution in [2.75, 3.05) is 13.1 Å². The number of ether oxygens (including phenoxy) is 1. The van der Waals surface area contributed by atoms with Crippen molar-refractivity contribution in [1.29, 1.82) is 0 Å². The summed E-state index contributed by atoms with van der Waals surface area (Å²) in [5.41, 5.74) is -0.651. The number of hydrogen-bond donors (Lipinski definition) is 0. The van der Waals surface area contributed by atoms with Crippen LogP contribution in [0.3, 0.4) is 0 Å². The zero-order chi connectivity index (χ0) is 16.9. The zero-order valence-corrected chi connectivity index (χ0v) is 14.3. The van der Waals surface area contributed by atoms with Gasteiger partial charge in [-0.25, -0.2) is 0 Å². The predicted molar refractivity (Wildman–Crippen MR) is 86.5 cm³/mol. The summed E-state index contributed by atoms with van der Waals surface area (Å²) in [6.07, 6.45) is 4.86. The lowest BCUT2D eigenvalue weighted by atomic mass is 9.79. The largest absolute Gasteiger partial charge is 0.466 e. The van der Waals surface area contributed by atoms with Crippen LogP contribution in [0.25, 0.3) is 0 Å². The first kappa shape index (κ1) is 17.6. The van der Waals surface area contributed by atoms with Gasteiger partial charge in [-0.3, -0.25) is 9.59 Å². The maximum absolute atomic E-state index is 12.5. The van der Waals surface area contributed by atoms with Crippen molar-refractivity contribution < 1.29 is 18.7 Å². The van der Waals surface area contributed by atoms with E-state index in [1.807, 2.05) is 25.7 Å². The van der Waals surface area contributed by atoms with Gasteiger partial charge in [0.05, 0.1) is 11.7 Å². The highest BCUT2D eigenvalue weighted by atomic mass is 16.5. The number of carbonyl (C=O) groups is 2. The second kappa shape index (κ2) is 7.66. The van der Waals surface area contributed by atoms with Gasteiger partial charge < -0.3 is 14.1 Å². The van der Waals surface area contributed by atoms with Gasteiger partial charge in [0.25, 0.3) is 0 Å². The van der Waals surface area contributed by atoms with Crippen molar-refractivity contribution in [3.63, 3.8) is 0 Å². The molecular formula is C18H27NO4. The van der Waals surface area contributed by atoms with E-state index in [-0.39, 0.29) is 24.4 Å². The van der Waals surface area contributed by atoms with Gasteiger partial charge in [-0.15, -0.1) is 0 Å². The molecule has 1 aromatic heterocycles. The Kier molecular flexibility index (Phi) is 5.85. The molecule has 0 aromatic carbocycles. The average molecular weight is 321 g/mol. The van der Waals surface area contributed by atoms with E-state index in [0.29, 0.717) is 18.6 Å². The summed E-state index contributed by atoms with van der Waals surface area (Å²) in [5.74, 6) is 0.339. The van der Waals surface area contributed by atoms with Gasteiger partial charge in [-0.1, -0.05) is 13.8 Å². The van der Waals surface area contributed by atoms with E-state index in [4.69, 9.17) is 9.15 Å². The Hall–Kier alpha value is -1.78. The molecule has 2 unspecified atom stereocenters. The molecule has 1 aliphatic rings. The fraction of sp³-hybridized carbons (Fsp3) is 0.667. The van der Waals surface area contributed by atoms with Gasteiger partial charge in [0.2, 0.25) is 5.91 Å². The molecule has 0 bridgehead atoms. The highest BCUT2D eigenvalue weighted by Gasteiger charge is 2.37. The van der Waals surface area contributed by atoms with E-state index in [1.54, 1.807) is 18.4 Å². The van der Waals surface area contributed by atoms with E-state index >= 15 is 0 Å². The Bertz CT molecular complexity index is 519. The van der Waals surface area contributed by atoms with Crippen molar-refractivity contribution in [2.24, 2.45) is 11.3 Å². The summed E-state index contributed by atoms with van der Waals surface area (Å²) < 4.78 is 10.6. The molecular weight excluding hydrogens is 294 g/mol. The third-order valence-electron chi connectivity index (χ3n) is 4.79. The first-order chi connectivity index (χ1) is 11.0. The third kappa shape index (κ3) is 4.36. The molecule has 1 aliphatic heterocycles. The van der Waals surface area contributed by atoms with Crippen LogP contribution < -0.4 is 0 Å². The minimum Gasteiger partial charge on any atom is -0.466 e. The van der Waals surface area contributed by atoms with E-state index < -0.39 is 5.41 Å². The molecule has 2 rings (SSSR count). The molecule has 2 heterocycles. The van der Waals surface area contributed by atoms with Gasteiger partial charge in [-0.2, -0.15) is 0 Å². The Labute approximate surface area is 138 Å². The monoisotopic (exact) mass is 321 g/mol. The Morgan fingerprint density at radius 2 is 2.09 bits per heavy atom. The van der Waals surface area contributed by atoms with Crippen LogP contribution in [0.1, 0.15) is 52.2 Å². The fourth-order valence-electron chi connectivity index (χ4n) is 3.09. The Morgan fingerprint density at radius 3 is 2.65 bits per heavy atom. The summed E-state index contributed by atoms with van der Waals surface area (Å²) in [7, 11) is 0. The molecule has 2 atom stereocenters. The van der Waals surface area contributed by atoms with Gasteiger partial charge in [0, 0.05) is 19.0 Å². The molecule has 5 nitrogen and oxygen atoms in total. The summed E-state index contributed by atoms with van der Waals surface area (Å²) in [5, 5.41) is 0. The number of esters is 1. The molecule has 0 aliphatic carbocycles. The SMILES string of the molecule is CCC(C)(CC(C)C(=O)N1CCCC1)C(=O)OCc1ccco1. The molecule has 0 radical (unpaired) electrons. The molecule has 0 spiro atoms. The van der Waals surface area contributed by atoms with E-state index in [2.05, 4.69) is 0 Å². The molecule has 1 aromatic rings. The minimum absolute atomic E-state index is 0.135. The van der Waals surface area contributed by atoms with Crippen LogP contribution in [-0.2, 0) is 20.9 Å². The van der Waals surface area contributed by atoms with Gasteiger partial charge in [0.1, 0.15) is 12.4 Å². The third-order valence-corrected chi connectivity index (χ3v) is 4.79. The normalized spacial score (nSPS) is 18.5. The lowest BCUT2D eigenvalue weighted by molar-refractivity contribution is -0.159. The number of furan rings is 1. The topological polar surface area (TPSA) is 59.8 Å². The highest BCUT2D eigenvalue weighted by Crippen LogP contribution is 2.33. The van der Waals surface area contributed by atoms with Gasteiger partial charge in [-0.05, 0) is 44.7 Å². The molecule has 1 saturated heterocycles. The number of likely N-dealkylation sites (tertiary alicyclic amines) is 1. The van der Waals surface area contributed by atoms with Crippen molar-refractivity contribution in [1.82, 2.24) is 4.90 Å².